The molecule has 1 amide bonds. The van der Waals surface area contributed by atoms with Gasteiger partial charge in [0.1, 0.15) is 17.0 Å². The second-order valence-electron chi connectivity index (χ2n) is 12.2. The molecule has 240 valence electrons. The molecule has 0 atom stereocenters. The Morgan fingerprint density at radius 1 is 0.979 bits per heavy atom. The number of benzene rings is 1. The number of halogens is 1. The number of hydrogen-bond acceptors (Lipinski definition) is 9. The molecule has 6 heterocycles. The number of nitrogens with zero attached hydrogens (tertiary/aromatic N) is 6. The number of carbonyl (C=O) groups excluding carboxylic acids is 1. The van der Waals surface area contributed by atoms with Crippen molar-refractivity contribution in [3.8, 4) is 34.0 Å². The standard InChI is InChI=1S/C34H36FN11O/c1-46(2)10-9-38-24-13-21(12-23(35)15-24)31-33-27(5-8-39-31)42-34(43-33)32-26-16-28(40-19-29(26)44-45-32)22-14-25(18-37-17-22)41-30(47)11-20-3-6-36-7-4-20/h5,8,12-20,36,38H,3-4,6-7,9-11H2,1-2H3,(H,41,47)(H,42,43)(H,44,45). The number of hydrogen-bond donors (Lipinski definition) is 5. The van der Waals surface area contributed by atoms with E-state index in [1.807, 2.05) is 38.4 Å². The van der Waals surface area contributed by atoms with E-state index in [0.717, 1.165) is 54.5 Å². The van der Waals surface area contributed by atoms with E-state index in [1.54, 1.807) is 24.8 Å². The molecule has 0 unspecified atom stereocenters. The van der Waals surface area contributed by atoms with E-state index in [4.69, 9.17) is 4.98 Å². The average molecular weight is 634 g/mol. The SMILES string of the molecule is CN(C)CCNc1cc(F)cc(-c2nccc3[nH]c(-c4n[nH]c5cnc(-c6cncc(NC(=O)CC7CCNCC7)c6)cc45)nc23)c1. The molecule has 1 fully saturated rings. The summed E-state index contributed by atoms with van der Waals surface area (Å²) in [6.07, 6.45) is 9.28. The number of H-pyrrole nitrogens is 2. The smallest absolute Gasteiger partial charge is 0.224 e. The van der Waals surface area contributed by atoms with E-state index in [0.29, 0.717) is 64.2 Å². The number of aromatic nitrogens is 7. The first-order valence-corrected chi connectivity index (χ1v) is 15.7. The van der Waals surface area contributed by atoms with Crippen LogP contribution in [0.4, 0.5) is 15.8 Å². The third-order valence-corrected chi connectivity index (χ3v) is 8.38. The number of piperidine rings is 1. The molecule has 0 radical (unpaired) electrons. The summed E-state index contributed by atoms with van der Waals surface area (Å²) in [6, 6.07) is 10.5. The van der Waals surface area contributed by atoms with Gasteiger partial charge < -0.3 is 25.8 Å². The Hall–Kier alpha value is -5.27. The van der Waals surface area contributed by atoms with Crippen LogP contribution < -0.4 is 16.0 Å². The van der Waals surface area contributed by atoms with Gasteiger partial charge in [0.25, 0.3) is 0 Å². The predicted octanol–water partition coefficient (Wildman–Crippen LogP) is 5.07. The van der Waals surface area contributed by atoms with Gasteiger partial charge in [-0.3, -0.25) is 24.8 Å². The summed E-state index contributed by atoms with van der Waals surface area (Å²) in [5.41, 5.74) is 6.62. The maximum absolute atomic E-state index is 14.7. The van der Waals surface area contributed by atoms with Crippen molar-refractivity contribution in [2.75, 3.05) is 50.9 Å². The normalized spacial score (nSPS) is 13.9. The minimum absolute atomic E-state index is 0.00909. The zero-order valence-electron chi connectivity index (χ0n) is 26.3. The molecule has 5 aromatic heterocycles. The summed E-state index contributed by atoms with van der Waals surface area (Å²) in [6.45, 7) is 3.40. The molecular formula is C34H36FN11O. The van der Waals surface area contributed by atoms with E-state index < -0.39 is 0 Å². The van der Waals surface area contributed by atoms with Crippen LogP contribution in [0.25, 0.3) is 56.0 Å². The Balaban J connectivity index is 1.16. The number of anilines is 2. The van der Waals surface area contributed by atoms with Gasteiger partial charge in [-0.1, -0.05) is 0 Å². The van der Waals surface area contributed by atoms with E-state index >= 15 is 0 Å². The van der Waals surface area contributed by atoms with E-state index in [9.17, 15) is 9.18 Å². The van der Waals surface area contributed by atoms with Gasteiger partial charge >= 0.3 is 0 Å². The molecule has 1 saturated heterocycles. The van der Waals surface area contributed by atoms with Gasteiger partial charge in [-0.25, -0.2) is 9.37 Å². The molecule has 0 aliphatic carbocycles. The van der Waals surface area contributed by atoms with Crippen LogP contribution in [0, 0.1) is 11.7 Å². The molecular weight excluding hydrogens is 597 g/mol. The minimum atomic E-state index is -0.359. The van der Waals surface area contributed by atoms with Crippen molar-refractivity contribution in [2.24, 2.45) is 5.92 Å². The van der Waals surface area contributed by atoms with Crippen molar-refractivity contribution in [1.29, 1.82) is 0 Å². The van der Waals surface area contributed by atoms with Crippen LogP contribution in [0.2, 0.25) is 0 Å². The Morgan fingerprint density at radius 3 is 2.68 bits per heavy atom. The first kappa shape index (κ1) is 30.4. The Kier molecular flexibility index (Phi) is 8.55. The second kappa shape index (κ2) is 13.2. The number of likely N-dealkylation sites (N-methyl/N-ethyl adjacent to an activating group) is 1. The third kappa shape index (κ3) is 6.81. The van der Waals surface area contributed by atoms with Crippen LogP contribution in [-0.4, -0.2) is 86.2 Å². The molecule has 1 aliphatic rings. The van der Waals surface area contributed by atoms with Gasteiger partial charge in [-0.15, -0.1) is 0 Å². The number of imidazole rings is 1. The van der Waals surface area contributed by atoms with Gasteiger partial charge in [-0.2, -0.15) is 5.10 Å². The first-order valence-electron chi connectivity index (χ1n) is 15.7. The van der Waals surface area contributed by atoms with Crippen LogP contribution in [0.5, 0.6) is 0 Å². The van der Waals surface area contributed by atoms with Crippen molar-refractivity contribution in [3.05, 3.63) is 67.0 Å². The third-order valence-electron chi connectivity index (χ3n) is 8.38. The molecule has 12 nitrogen and oxygen atoms in total. The van der Waals surface area contributed by atoms with Gasteiger partial charge in [0, 0.05) is 54.1 Å². The van der Waals surface area contributed by atoms with Crippen molar-refractivity contribution < 1.29 is 9.18 Å². The van der Waals surface area contributed by atoms with Crippen LogP contribution in [0.3, 0.4) is 0 Å². The molecule has 7 rings (SSSR count). The highest BCUT2D eigenvalue weighted by atomic mass is 19.1. The van der Waals surface area contributed by atoms with E-state index in [-0.39, 0.29) is 11.7 Å². The van der Waals surface area contributed by atoms with Gasteiger partial charge in [-0.05, 0) is 82.3 Å². The summed E-state index contributed by atoms with van der Waals surface area (Å²) in [5, 5.41) is 18.0. The van der Waals surface area contributed by atoms with Gasteiger partial charge in [0.2, 0.25) is 5.91 Å². The molecule has 5 N–H and O–H groups in total. The number of carbonyl (C=O) groups is 1. The second-order valence-corrected chi connectivity index (χ2v) is 12.2. The molecule has 1 aliphatic heterocycles. The topological polar surface area (TPSA) is 152 Å². The highest BCUT2D eigenvalue weighted by Gasteiger charge is 2.19. The summed E-state index contributed by atoms with van der Waals surface area (Å²) >= 11 is 0. The molecule has 1 aromatic carbocycles. The molecule has 47 heavy (non-hydrogen) atoms. The quantitative estimate of drug-likeness (QED) is 0.139. The lowest BCUT2D eigenvalue weighted by atomic mass is 9.94. The van der Waals surface area contributed by atoms with Crippen molar-refractivity contribution in [2.45, 2.75) is 19.3 Å². The number of fused-ring (bicyclic) bond motifs is 2. The lowest BCUT2D eigenvalue weighted by molar-refractivity contribution is -0.117. The maximum atomic E-state index is 14.7. The van der Waals surface area contributed by atoms with Crippen molar-refractivity contribution >= 4 is 39.2 Å². The van der Waals surface area contributed by atoms with Crippen LogP contribution in [0.1, 0.15) is 19.3 Å². The Bertz CT molecular complexity index is 2050. The van der Waals surface area contributed by atoms with E-state index in [2.05, 4.69) is 51.0 Å². The zero-order valence-corrected chi connectivity index (χ0v) is 26.3. The number of aromatic amines is 2. The predicted molar refractivity (Wildman–Crippen MR) is 181 cm³/mol. The lowest BCUT2D eigenvalue weighted by Gasteiger charge is -2.21. The highest BCUT2D eigenvalue weighted by molar-refractivity contribution is 5.97. The Morgan fingerprint density at radius 2 is 1.83 bits per heavy atom. The van der Waals surface area contributed by atoms with E-state index in [1.165, 1.54) is 12.1 Å². The van der Waals surface area contributed by atoms with Crippen LogP contribution >= 0.6 is 0 Å². The molecule has 0 bridgehead atoms. The largest absolute Gasteiger partial charge is 0.384 e. The van der Waals surface area contributed by atoms with Crippen molar-refractivity contribution in [1.82, 2.24) is 45.3 Å². The molecule has 13 heteroatoms. The highest BCUT2D eigenvalue weighted by Crippen LogP contribution is 2.33. The summed E-state index contributed by atoms with van der Waals surface area (Å²) < 4.78 is 14.7. The summed E-state index contributed by atoms with van der Waals surface area (Å²) in [7, 11) is 3.98. The van der Waals surface area contributed by atoms with Gasteiger partial charge in [0.15, 0.2) is 5.82 Å². The molecule has 0 saturated carbocycles. The first-order chi connectivity index (χ1) is 22.9. The van der Waals surface area contributed by atoms with Crippen molar-refractivity contribution in [3.63, 3.8) is 0 Å². The minimum Gasteiger partial charge on any atom is -0.384 e. The fourth-order valence-electron chi connectivity index (χ4n) is 5.97. The number of rotatable bonds is 10. The summed E-state index contributed by atoms with van der Waals surface area (Å²) in [4.78, 5) is 36.6. The zero-order chi connectivity index (χ0) is 32.3. The number of nitrogens with one attached hydrogen (secondary N) is 5. The molecule has 0 spiro atoms. The number of amides is 1. The lowest BCUT2D eigenvalue weighted by Crippen LogP contribution is -2.30. The number of pyridine rings is 3. The fourth-order valence-corrected chi connectivity index (χ4v) is 5.97. The summed E-state index contributed by atoms with van der Waals surface area (Å²) in [5.74, 6) is 0.561. The average Bonchev–Trinajstić information content (AvgIpc) is 3.69. The maximum Gasteiger partial charge on any atom is 0.224 e. The molecule has 6 aromatic rings. The Labute approximate surface area is 270 Å². The van der Waals surface area contributed by atoms with Crippen LogP contribution in [0.15, 0.2) is 61.2 Å². The van der Waals surface area contributed by atoms with Gasteiger partial charge in [0.05, 0.1) is 40.5 Å². The van der Waals surface area contributed by atoms with Crippen LogP contribution in [-0.2, 0) is 4.79 Å². The fraction of sp³-hybridized carbons (Fsp3) is 0.294. The monoisotopic (exact) mass is 633 g/mol.